The molecule has 106 valence electrons. The number of rotatable bonds is 3. The highest BCUT2D eigenvalue weighted by molar-refractivity contribution is 5.33. The van der Waals surface area contributed by atoms with Crippen LogP contribution in [0.5, 0.6) is 0 Å². The van der Waals surface area contributed by atoms with Gasteiger partial charge in [0.15, 0.2) is 0 Å². The van der Waals surface area contributed by atoms with Gasteiger partial charge in [0, 0.05) is 32.2 Å². The lowest BCUT2D eigenvalue weighted by Gasteiger charge is -2.31. The van der Waals surface area contributed by atoms with E-state index < -0.39 is 0 Å². The van der Waals surface area contributed by atoms with Crippen LogP contribution in [0.25, 0.3) is 0 Å². The molecule has 3 nitrogen and oxygen atoms in total. The zero-order chi connectivity index (χ0) is 13.8. The Hall–Kier alpha value is -0.900. The molecule has 1 saturated heterocycles. The second-order valence-electron chi connectivity index (χ2n) is 5.80. The van der Waals surface area contributed by atoms with Crippen LogP contribution in [0.3, 0.4) is 0 Å². The molecule has 2 rings (SSSR count). The molecule has 1 aromatic rings. The molecule has 1 aliphatic rings. The summed E-state index contributed by atoms with van der Waals surface area (Å²) in [5.41, 5.74) is 10.2. The van der Waals surface area contributed by atoms with E-state index in [2.05, 4.69) is 48.9 Å². The number of benzene rings is 1. The van der Waals surface area contributed by atoms with E-state index in [4.69, 9.17) is 5.73 Å². The maximum atomic E-state index is 6.07. The summed E-state index contributed by atoms with van der Waals surface area (Å²) in [6.45, 7) is 9.66. The largest absolute Gasteiger partial charge is 0.329 e. The van der Waals surface area contributed by atoms with Crippen molar-refractivity contribution in [3.63, 3.8) is 0 Å². The van der Waals surface area contributed by atoms with Crippen molar-refractivity contribution in [1.29, 1.82) is 0 Å². The standard InChI is InChI=1S/C16H27N3/c1-13-5-6-15(14(2)11-13)16(12-17)19-8-4-7-18(3)9-10-19/h5-6,11,16H,4,7-10,12,17H2,1-3H3. The maximum absolute atomic E-state index is 6.07. The molecule has 0 spiro atoms. The first kappa shape index (κ1) is 14.5. The van der Waals surface area contributed by atoms with Crippen LogP contribution in [0.1, 0.15) is 29.2 Å². The quantitative estimate of drug-likeness (QED) is 0.902. The van der Waals surface area contributed by atoms with Gasteiger partial charge < -0.3 is 10.6 Å². The number of hydrogen-bond donors (Lipinski definition) is 1. The summed E-state index contributed by atoms with van der Waals surface area (Å²) < 4.78 is 0. The van der Waals surface area contributed by atoms with Gasteiger partial charge in [0.05, 0.1) is 0 Å². The van der Waals surface area contributed by atoms with Gasteiger partial charge >= 0.3 is 0 Å². The first-order chi connectivity index (χ1) is 9.11. The first-order valence-electron chi connectivity index (χ1n) is 7.31. The molecule has 1 heterocycles. The second-order valence-corrected chi connectivity index (χ2v) is 5.80. The SMILES string of the molecule is Cc1ccc(C(CN)N2CCCN(C)CC2)c(C)c1. The number of nitrogens with two attached hydrogens (primary N) is 1. The Morgan fingerprint density at radius 1 is 1.16 bits per heavy atom. The van der Waals surface area contributed by atoms with Crippen molar-refractivity contribution in [3.8, 4) is 0 Å². The van der Waals surface area contributed by atoms with E-state index in [1.807, 2.05) is 0 Å². The van der Waals surface area contributed by atoms with Gasteiger partial charge in [-0.15, -0.1) is 0 Å². The lowest BCUT2D eigenvalue weighted by Crippen LogP contribution is -2.36. The van der Waals surface area contributed by atoms with Crippen LogP contribution < -0.4 is 5.73 Å². The fraction of sp³-hybridized carbons (Fsp3) is 0.625. The van der Waals surface area contributed by atoms with Crippen molar-refractivity contribution in [2.45, 2.75) is 26.3 Å². The number of aryl methyl sites for hydroxylation is 2. The van der Waals surface area contributed by atoms with Crippen molar-refractivity contribution in [2.75, 3.05) is 39.8 Å². The molecule has 1 aliphatic heterocycles. The molecule has 1 fully saturated rings. The fourth-order valence-electron chi connectivity index (χ4n) is 3.05. The molecule has 0 amide bonds. The van der Waals surface area contributed by atoms with E-state index in [9.17, 15) is 0 Å². The Labute approximate surface area is 117 Å². The third kappa shape index (κ3) is 3.56. The van der Waals surface area contributed by atoms with Gasteiger partial charge in [-0.25, -0.2) is 0 Å². The van der Waals surface area contributed by atoms with Gasteiger partial charge in [-0.05, 0) is 45.0 Å². The van der Waals surface area contributed by atoms with Crippen LogP contribution >= 0.6 is 0 Å². The molecule has 2 N–H and O–H groups in total. The summed E-state index contributed by atoms with van der Waals surface area (Å²) in [6, 6.07) is 7.10. The monoisotopic (exact) mass is 261 g/mol. The number of likely N-dealkylation sites (N-methyl/N-ethyl adjacent to an activating group) is 1. The summed E-state index contributed by atoms with van der Waals surface area (Å²) >= 11 is 0. The third-order valence-corrected chi connectivity index (χ3v) is 4.20. The Balaban J connectivity index is 2.18. The predicted octanol–water partition coefficient (Wildman–Crippen LogP) is 1.94. The molecule has 3 heteroatoms. The molecular formula is C16H27N3. The Bertz CT molecular complexity index is 416. The molecule has 1 aromatic carbocycles. The second kappa shape index (κ2) is 6.51. The normalized spacial score (nSPS) is 20.2. The number of hydrogen-bond acceptors (Lipinski definition) is 3. The highest BCUT2D eigenvalue weighted by Gasteiger charge is 2.22. The summed E-state index contributed by atoms with van der Waals surface area (Å²) in [6.07, 6.45) is 1.23. The topological polar surface area (TPSA) is 32.5 Å². The van der Waals surface area contributed by atoms with Gasteiger partial charge in [0.1, 0.15) is 0 Å². The minimum absolute atomic E-state index is 0.368. The molecule has 0 aromatic heterocycles. The van der Waals surface area contributed by atoms with Gasteiger partial charge in [0.25, 0.3) is 0 Å². The van der Waals surface area contributed by atoms with Crippen LogP contribution in [-0.2, 0) is 0 Å². The van der Waals surface area contributed by atoms with Crippen LogP contribution in [0.2, 0.25) is 0 Å². The van der Waals surface area contributed by atoms with E-state index in [0.717, 1.165) is 19.6 Å². The smallest absolute Gasteiger partial charge is 0.0473 e. The van der Waals surface area contributed by atoms with Crippen molar-refractivity contribution < 1.29 is 0 Å². The highest BCUT2D eigenvalue weighted by Crippen LogP contribution is 2.24. The van der Waals surface area contributed by atoms with Gasteiger partial charge in [-0.1, -0.05) is 23.8 Å². The molecule has 0 radical (unpaired) electrons. The molecule has 19 heavy (non-hydrogen) atoms. The lowest BCUT2D eigenvalue weighted by atomic mass is 9.98. The van der Waals surface area contributed by atoms with E-state index in [1.54, 1.807) is 0 Å². The van der Waals surface area contributed by atoms with Crippen LogP contribution in [-0.4, -0.2) is 49.6 Å². The summed E-state index contributed by atoms with van der Waals surface area (Å²) in [4.78, 5) is 4.97. The molecule has 0 bridgehead atoms. The fourth-order valence-corrected chi connectivity index (χ4v) is 3.05. The third-order valence-electron chi connectivity index (χ3n) is 4.20. The minimum atomic E-state index is 0.368. The maximum Gasteiger partial charge on any atom is 0.0473 e. The molecule has 1 unspecified atom stereocenters. The zero-order valence-electron chi connectivity index (χ0n) is 12.5. The summed E-state index contributed by atoms with van der Waals surface area (Å²) in [5, 5.41) is 0. The van der Waals surface area contributed by atoms with Crippen molar-refractivity contribution in [3.05, 3.63) is 34.9 Å². The van der Waals surface area contributed by atoms with Crippen LogP contribution in [0.15, 0.2) is 18.2 Å². The molecule has 0 aliphatic carbocycles. The summed E-state index contributed by atoms with van der Waals surface area (Å²) in [5.74, 6) is 0. The van der Waals surface area contributed by atoms with E-state index in [-0.39, 0.29) is 0 Å². The molecule has 1 atom stereocenters. The van der Waals surface area contributed by atoms with Gasteiger partial charge in [0.2, 0.25) is 0 Å². The number of nitrogens with zero attached hydrogens (tertiary/aromatic N) is 2. The van der Waals surface area contributed by atoms with Crippen molar-refractivity contribution in [2.24, 2.45) is 5.73 Å². The summed E-state index contributed by atoms with van der Waals surface area (Å²) in [7, 11) is 2.21. The van der Waals surface area contributed by atoms with Crippen molar-refractivity contribution >= 4 is 0 Å². The Morgan fingerprint density at radius 2 is 1.95 bits per heavy atom. The molecule has 0 saturated carbocycles. The Morgan fingerprint density at radius 3 is 2.63 bits per heavy atom. The minimum Gasteiger partial charge on any atom is -0.329 e. The van der Waals surface area contributed by atoms with Crippen LogP contribution in [0, 0.1) is 13.8 Å². The average Bonchev–Trinajstić information content (AvgIpc) is 2.58. The van der Waals surface area contributed by atoms with E-state index in [0.29, 0.717) is 12.6 Å². The molecular weight excluding hydrogens is 234 g/mol. The highest BCUT2D eigenvalue weighted by atomic mass is 15.2. The lowest BCUT2D eigenvalue weighted by molar-refractivity contribution is 0.207. The Kier molecular flexibility index (Phi) is 4.97. The van der Waals surface area contributed by atoms with Gasteiger partial charge in [-0.3, -0.25) is 4.90 Å². The first-order valence-corrected chi connectivity index (χ1v) is 7.31. The van der Waals surface area contributed by atoms with E-state index in [1.165, 1.54) is 29.7 Å². The zero-order valence-corrected chi connectivity index (χ0v) is 12.5. The van der Waals surface area contributed by atoms with Crippen molar-refractivity contribution in [1.82, 2.24) is 9.80 Å². The van der Waals surface area contributed by atoms with Crippen LogP contribution in [0.4, 0.5) is 0 Å². The van der Waals surface area contributed by atoms with Gasteiger partial charge in [-0.2, -0.15) is 0 Å². The average molecular weight is 261 g/mol. The van der Waals surface area contributed by atoms with E-state index >= 15 is 0 Å². The predicted molar refractivity (Wildman–Crippen MR) is 81.4 cm³/mol.